The number of aromatic nitrogens is 3. The van der Waals surface area contributed by atoms with Gasteiger partial charge < -0.3 is 9.67 Å². The van der Waals surface area contributed by atoms with Crippen molar-refractivity contribution in [2.24, 2.45) is 0 Å². The lowest BCUT2D eigenvalue weighted by atomic mass is 10.2. The van der Waals surface area contributed by atoms with Gasteiger partial charge in [0, 0.05) is 40.4 Å². The number of rotatable bonds is 3. The first-order valence-corrected chi connectivity index (χ1v) is 7.32. The second-order valence-corrected chi connectivity index (χ2v) is 5.66. The van der Waals surface area contributed by atoms with E-state index in [0.717, 1.165) is 33.7 Å². The minimum Gasteiger partial charge on any atom is -0.392 e. The summed E-state index contributed by atoms with van der Waals surface area (Å²) in [5.41, 5.74) is 3.12. The van der Waals surface area contributed by atoms with Gasteiger partial charge in [0.1, 0.15) is 0 Å². The number of thiazole rings is 1. The Morgan fingerprint density at radius 3 is 2.95 bits per heavy atom. The lowest BCUT2D eigenvalue weighted by Crippen LogP contribution is -1.98. The molecule has 3 aromatic heterocycles. The summed E-state index contributed by atoms with van der Waals surface area (Å²) in [7, 11) is 0. The number of nitrogens with zero attached hydrogens (tertiary/aromatic N) is 3. The average molecular weight is 283 g/mol. The molecule has 5 heteroatoms. The van der Waals surface area contributed by atoms with Gasteiger partial charge in [-0.15, -0.1) is 11.3 Å². The van der Waals surface area contributed by atoms with E-state index in [1.165, 1.54) is 0 Å². The second kappa shape index (κ2) is 4.47. The van der Waals surface area contributed by atoms with Crippen molar-refractivity contribution in [2.75, 3.05) is 0 Å². The Kier molecular flexibility index (Phi) is 2.61. The molecule has 0 saturated heterocycles. The number of hydrogen-bond donors (Lipinski definition) is 1. The van der Waals surface area contributed by atoms with Gasteiger partial charge in [-0.2, -0.15) is 0 Å². The lowest BCUT2D eigenvalue weighted by Gasteiger charge is -2.01. The third-order valence-electron chi connectivity index (χ3n) is 3.52. The molecule has 1 N–H and O–H groups in total. The van der Waals surface area contributed by atoms with E-state index in [0.29, 0.717) is 0 Å². The van der Waals surface area contributed by atoms with Crippen LogP contribution in [0.4, 0.5) is 0 Å². The summed E-state index contributed by atoms with van der Waals surface area (Å²) in [5.74, 6) is 0. The van der Waals surface area contributed by atoms with Crippen molar-refractivity contribution in [3.8, 4) is 0 Å². The van der Waals surface area contributed by atoms with Crippen molar-refractivity contribution in [3.63, 3.8) is 0 Å². The molecule has 1 aromatic carbocycles. The molecule has 0 spiro atoms. The van der Waals surface area contributed by atoms with Gasteiger partial charge in [0.15, 0.2) is 4.96 Å². The highest BCUT2D eigenvalue weighted by atomic mass is 32.1. The van der Waals surface area contributed by atoms with Crippen LogP contribution in [-0.2, 0) is 13.2 Å². The normalized spacial score (nSPS) is 11.7. The van der Waals surface area contributed by atoms with Crippen LogP contribution in [0.2, 0.25) is 0 Å². The van der Waals surface area contributed by atoms with Gasteiger partial charge in [-0.05, 0) is 6.07 Å². The summed E-state index contributed by atoms with van der Waals surface area (Å²) in [5, 5.41) is 12.6. The van der Waals surface area contributed by atoms with Crippen LogP contribution < -0.4 is 0 Å². The molecule has 3 heterocycles. The fourth-order valence-corrected chi connectivity index (χ4v) is 3.33. The summed E-state index contributed by atoms with van der Waals surface area (Å²) in [6, 6.07) is 8.14. The fraction of sp³-hybridized carbons (Fsp3) is 0.133. The highest BCUT2D eigenvalue weighted by molar-refractivity contribution is 7.15. The number of para-hydroxylation sites is 1. The minimum atomic E-state index is 0.0613. The Morgan fingerprint density at radius 1 is 1.20 bits per heavy atom. The molecule has 100 valence electrons. The Bertz CT molecular complexity index is 858. The van der Waals surface area contributed by atoms with E-state index >= 15 is 0 Å². The van der Waals surface area contributed by atoms with E-state index in [-0.39, 0.29) is 6.61 Å². The number of aliphatic hydroxyl groups is 1. The molecular weight excluding hydrogens is 270 g/mol. The zero-order valence-corrected chi connectivity index (χ0v) is 11.5. The average Bonchev–Trinajstić information content (AvgIpc) is 3.12. The number of aliphatic hydroxyl groups excluding tert-OH is 1. The Balaban J connectivity index is 1.80. The van der Waals surface area contributed by atoms with Gasteiger partial charge in [-0.3, -0.25) is 4.40 Å². The standard InChI is InChI=1S/C15H13N3OS/c19-10-11-7-18(14-4-2-1-3-13(11)14)9-12-8-17-5-6-20-15(17)16-12/h1-8,19H,9-10H2. The molecule has 0 aliphatic carbocycles. The van der Waals surface area contributed by atoms with Crippen molar-refractivity contribution in [2.45, 2.75) is 13.2 Å². The molecule has 4 aromatic rings. The molecule has 0 atom stereocenters. The maximum atomic E-state index is 9.46. The molecule has 0 aliphatic rings. The van der Waals surface area contributed by atoms with Crippen molar-refractivity contribution < 1.29 is 5.11 Å². The SMILES string of the molecule is OCc1cn(Cc2cn3ccsc3n2)c2ccccc12. The van der Waals surface area contributed by atoms with Crippen LogP contribution in [0.25, 0.3) is 15.9 Å². The van der Waals surface area contributed by atoms with Crippen molar-refractivity contribution >= 4 is 27.2 Å². The molecule has 0 bridgehead atoms. The quantitative estimate of drug-likeness (QED) is 0.628. The molecule has 20 heavy (non-hydrogen) atoms. The first kappa shape index (κ1) is 11.7. The van der Waals surface area contributed by atoms with E-state index in [9.17, 15) is 5.11 Å². The highest BCUT2D eigenvalue weighted by Gasteiger charge is 2.09. The first-order chi connectivity index (χ1) is 9.85. The molecule has 0 aliphatic heterocycles. The van der Waals surface area contributed by atoms with Crippen LogP contribution >= 0.6 is 11.3 Å². The molecule has 4 rings (SSSR count). The van der Waals surface area contributed by atoms with E-state index in [2.05, 4.69) is 21.8 Å². The van der Waals surface area contributed by atoms with Crippen molar-refractivity contribution in [1.82, 2.24) is 14.0 Å². The largest absolute Gasteiger partial charge is 0.392 e. The smallest absolute Gasteiger partial charge is 0.193 e. The number of fused-ring (bicyclic) bond motifs is 2. The fourth-order valence-electron chi connectivity index (χ4n) is 2.61. The van der Waals surface area contributed by atoms with Crippen LogP contribution in [0.1, 0.15) is 11.3 Å². The van der Waals surface area contributed by atoms with E-state index in [4.69, 9.17) is 0 Å². The summed E-state index contributed by atoms with van der Waals surface area (Å²) in [4.78, 5) is 5.62. The van der Waals surface area contributed by atoms with Crippen molar-refractivity contribution in [3.05, 3.63) is 59.5 Å². The molecular formula is C15H13N3OS. The van der Waals surface area contributed by atoms with Gasteiger partial charge in [0.2, 0.25) is 0 Å². The van der Waals surface area contributed by atoms with E-state index in [1.807, 2.05) is 40.4 Å². The Labute approximate surface area is 119 Å². The highest BCUT2D eigenvalue weighted by Crippen LogP contribution is 2.22. The van der Waals surface area contributed by atoms with Gasteiger partial charge >= 0.3 is 0 Å². The zero-order valence-electron chi connectivity index (χ0n) is 10.7. The molecule has 0 radical (unpaired) electrons. The van der Waals surface area contributed by atoms with Gasteiger partial charge in [-0.25, -0.2) is 4.98 Å². The maximum Gasteiger partial charge on any atom is 0.193 e. The molecule has 0 saturated carbocycles. The minimum absolute atomic E-state index is 0.0613. The summed E-state index contributed by atoms with van der Waals surface area (Å²) >= 11 is 1.63. The predicted molar refractivity (Wildman–Crippen MR) is 80.0 cm³/mol. The van der Waals surface area contributed by atoms with Crippen LogP contribution in [0, 0.1) is 0 Å². The van der Waals surface area contributed by atoms with Gasteiger partial charge in [-0.1, -0.05) is 18.2 Å². The summed E-state index contributed by atoms with van der Waals surface area (Å²) < 4.78 is 4.19. The lowest BCUT2D eigenvalue weighted by molar-refractivity contribution is 0.283. The second-order valence-electron chi connectivity index (χ2n) is 4.78. The Morgan fingerprint density at radius 2 is 2.10 bits per heavy atom. The number of imidazole rings is 1. The first-order valence-electron chi connectivity index (χ1n) is 6.44. The van der Waals surface area contributed by atoms with Gasteiger partial charge in [0.25, 0.3) is 0 Å². The topological polar surface area (TPSA) is 42.5 Å². The van der Waals surface area contributed by atoms with Crippen LogP contribution in [0.3, 0.4) is 0 Å². The van der Waals surface area contributed by atoms with Crippen LogP contribution in [0.5, 0.6) is 0 Å². The zero-order chi connectivity index (χ0) is 13.5. The molecule has 4 nitrogen and oxygen atoms in total. The number of hydrogen-bond acceptors (Lipinski definition) is 3. The molecule has 0 amide bonds. The summed E-state index contributed by atoms with van der Waals surface area (Å²) in [6.45, 7) is 0.778. The van der Waals surface area contributed by atoms with Gasteiger partial charge in [0.05, 0.1) is 18.8 Å². The van der Waals surface area contributed by atoms with Crippen LogP contribution in [0.15, 0.2) is 48.2 Å². The van der Waals surface area contributed by atoms with E-state index < -0.39 is 0 Å². The third-order valence-corrected chi connectivity index (χ3v) is 4.29. The molecule has 0 unspecified atom stereocenters. The van der Waals surface area contributed by atoms with Crippen LogP contribution in [-0.4, -0.2) is 19.1 Å². The number of benzene rings is 1. The van der Waals surface area contributed by atoms with Crippen molar-refractivity contribution in [1.29, 1.82) is 0 Å². The Hall–Kier alpha value is -2.11. The summed E-state index contributed by atoms with van der Waals surface area (Å²) in [6.07, 6.45) is 6.08. The third kappa shape index (κ3) is 1.75. The molecule has 0 fully saturated rings. The maximum absolute atomic E-state index is 9.46. The predicted octanol–water partition coefficient (Wildman–Crippen LogP) is 2.89. The monoisotopic (exact) mass is 283 g/mol. The van der Waals surface area contributed by atoms with E-state index in [1.54, 1.807) is 11.3 Å².